The fourth-order valence-corrected chi connectivity index (χ4v) is 1.15. The normalized spacial score (nSPS) is 10.0. The Morgan fingerprint density at radius 3 is 2.39 bits per heavy atom. The molecule has 18 heavy (non-hydrogen) atoms. The Bertz CT molecular complexity index is 279. The van der Waals surface area contributed by atoms with Crippen LogP contribution in [0.3, 0.4) is 0 Å². The van der Waals surface area contributed by atoms with Gasteiger partial charge in [0.25, 0.3) is 0 Å². The molecule has 0 radical (unpaired) electrons. The van der Waals surface area contributed by atoms with Gasteiger partial charge in [0.1, 0.15) is 0 Å². The second-order valence-electron chi connectivity index (χ2n) is 3.27. The van der Waals surface area contributed by atoms with Crippen molar-refractivity contribution >= 4 is 0 Å². The summed E-state index contributed by atoms with van der Waals surface area (Å²) >= 11 is 0. The van der Waals surface area contributed by atoms with E-state index in [0.717, 1.165) is 12.1 Å². The van der Waals surface area contributed by atoms with Gasteiger partial charge in [-0.3, -0.25) is 0 Å². The van der Waals surface area contributed by atoms with E-state index in [-0.39, 0.29) is 6.61 Å². The third kappa shape index (κ3) is 8.16. The van der Waals surface area contributed by atoms with Gasteiger partial charge in [0, 0.05) is 6.20 Å². The minimum atomic E-state index is 0.0543. The second-order valence-corrected chi connectivity index (χ2v) is 3.27. The van der Waals surface area contributed by atoms with Crippen LogP contribution in [0.5, 0.6) is 0 Å². The number of aryl methyl sites for hydroxylation is 1. The van der Waals surface area contributed by atoms with Gasteiger partial charge < -0.3 is 14.6 Å². The van der Waals surface area contributed by atoms with Crippen molar-refractivity contribution in [3.05, 3.63) is 11.9 Å². The molecule has 1 aromatic heterocycles. The van der Waals surface area contributed by atoms with Crippen LogP contribution < -0.4 is 0 Å². The third-order valence-electron chi connectivity index (χ3n) is 2.02. The highest BCUT2D eigenvalue weighted by Gasteiger charge is 1.97. The Hall–Kier alpha value is -0.980. The van der Waals surface area contributed by atoms with E-state index in [9.17, 15) is 0 Å². The molecular weight excluding hydrogens is 234 g/mol. The van der Waals surface area contributed by atoms with E-state index in [0.29, 0.717) is 33.0 Å². The number of hydrogen-bond acceptors (Lipinski definition) is 5. The monoisotopic (exact) mass is 259 g/mol. The zero-order chi connectivity index (χ0) is 13.6. The van der Waals surface area contributed by atoms with Crippen LogP contribution in [-0.4, -0.2) is 53.1 Å². The Balaban J connectivity index is 0.00000137. The van der Waals surface area contributed by atoms with Crippen LogP contribution >= 0.6 is 0 Å². The summed E-state index contributed by atoms with van der Waals surface area (Å²) in [6.07, 6.45) is 2.82. The molecule has 0 fully saturated rings. The summed E-state index contributed by atoms with van der Waals surface area (Å²) in [5.74, 6) is 0. The highest BCUT2D eigenvalue weighted by atomic mass is 16.5. The Labute approximate surface area is 109 Å². The van der Waals surface area contributed by atoms with Gasteiger partial charge in [-0.1, -0.05) is 26.0 Å². The summed E-state index contributed by atoms with van der Waals surface area (Å²) in [5.41, 5.74) is 0.992. The molecule has 0 aromatic carbocycles. The van der Waals surface area contributed by atoms with Crippen molar-refractivity contribution in [1.82, 2.24) is 15.0 Å². The lowest BCUT2D eigenvalue weighted by Crippen LogP contribution is -2.11. The third-order valence-corrected chi connectivity index (χ3v) is 2.02. The summed E-state index contributed by atoms with van der Waals surface area (Å²) in [6.45, 7) is 8.81. The molecule has 1 heterocycles. The fourth-order valence-electron chi connectivity index (χ4n) is 1.15. The first kappa shape index (κ1) is 17.0. The van der Waals surface area contributed by atoms with Crippen molar-refractivity contribution in [2.75, 3.05) is 33.0 Å². The number of ether oxygens (including phenoxy) is 2. The second kappa shape index (κ2) is 12.5. The lowest BCUT2D eigenvalue weighted by atomic mass is 10.4. The molecule has 6 nitrogen and oxygen atoms in total. The summed E-state index contributed by atoms with van der Waals surface area (Å²) in [4.78, 5) is 0. The minimum Gasteiger partial charge on any atom is -0.394 e. The molecule has 106 valence electrons. The summed E-state index contributed by atoms with van der Waals surface area (Å²) in [6, 6.07) is 0. The van der Waals surface area contributed by atoms with Gasteiger partial charge in [-0.2, -0.15) is 0 Å². The molecular formula is C12H25N3O3. The molecule has 0 aliphatic carbocycles. The molecule has 1 rings (SSSR count). The molecule has 0 unspecified atom stereocenters. The predicted molar refractivity (Wildman–Crippen MR) is 69.5 cm³/mol. The smallest absolute Gasteiger partial charge is 0.0824 e. The molecule has 1 N–H and O–H groups in total. The van der Waals surface area contributed by atoms with Crippen molar-refractivity contribution in [2.24, 2.45) is 0 Å². The van der Waals surface area contributed by atoms with Gasteiger partial charge >= 0.3 is 0 Å². The quantitative estimate of drug-likeness (QED) is 0.667. The number of rotatable bonds is 9. The minimum absolute atomic E-state index is 0.0543. The maximum absolute atomic E-state index is 8.46. The van der Waals surface area contributed by atoms with Gasteiger partial charge in [0.05, 0.1) is 45.3 Å². The average Bonchev–Trinajstić information content (AvgIpc) is 2.88. The topological polar surface area (TPSA) is 69.4 Å². The zero-order valence-corrected chi connectivity index (χ0v) is 11.6. The van der Waals surface area contributed by atoms with Crippen molar-refractivity contribution in [3.63, 3.8) is 0 Å². The summed E-state index contributed by atoms with van der Waals surface area (Å²) in [5, 5.41) is 16.4. The van der Waals surface area contributed by atoms with E-state index in [2.05, 4.69) is 10.3 Å². The molecule has 0 spiro atoms. The summed E-state index contributed by atoms with van der Waals surface area (Å²) in [7, 11) is 0. The molecule has 0 aliphatic rings. The van der Waals surface area contributed by atoms with Crippen molar-refractivity contribution in [1.29, 1.82) is 0 Å². The van der Waals surface area contributed by atoms with Crippen LogP contribution in [0, 0.1) is 0 Å². The predicted octanol–water partition coefficient (Wildman–Crippen LogP) is 0.892. The average molecular weight is 259 g/mol. The highest BCUT2D eigenvalue weighted by Crippen LogP contribution is 1.93. The number of hydrogen-bond donors (Lipinski definition) is 1. The molecule has 6 heteroatoms. The molecule has 0 amide bonds. The van der Waals surface area contributed by atoms with Crippen molar-refractivity contribution < 1.29 is 14.6 Å². The van der Waals surface area contributed by atoms with Gasteiger partial charge in [0.2, 0.25) is 0 Å². The highest BCUT2D eigenvalue weighted by molar-refractivity contribution is 4.90. The molecule has 0 atom stereocenters. The fraction of sp³-hybridized carbons (Fsp3) is 0.833. The van der Waals surface area contributed by atoms with Crippen molar-refractivity contribution in [2.45, 2.75) is 33.7 Å². The Morgan fingerprint density at radius 2 is 1.83 bits per heavy atom. The number of aliphatic hydroxyl groups is 1. The molecule has 1 aromatic rings. The van der Waals surface area contributed by atoms with Crippen LogP contribution in [0.1, 0.15) is 26.5 Å². The standard InChI is InChI=1S/C10H19N3O3.C2H6/c1-2-10-9-13(12-11-10)3-5-15-7-8-16-6-4-14;1-2/h9,14H,2-8H2,1H3;1-2H3. The van der Waals surface area contributed by atoms with E-state index in [1.165, 1.54) is 0 Å². The lowest BCUT2D eigenvalue weighted by Gasteiger charge is -2.04. The SMILES string of the molecule is CC.CCc1cn(CCOCCOCCO)nn1. The molecule has 0 bridgehead atoms. The van der Waals surface area contributed by atoms with E-state index in [4.69, 9.17) is 14.6 Å². The first-order chi connectivity index (χ1) is 8.86. The van der Waals surface area contributed by atoms with Gasteiger partial charge in [-0.15, -0.1) is 5.10 Å². The lowest BCUT2D eigenvalue weighted by molar-refractivity contribution is 0.0302. The first-order valence-corrected chi connectivity index (χ1v) is 6.52. The Morgan fingerprint density at radius 1 is 1.17 bits per heavy atom. The van der Waals surface area contributed by atoms with Crippen LogP contribution in [0.2, 0.25) is 0 Å². The van der Waals surface area contributed by atoms with Gasteiger partial charge in [-0.05, 0) is 6.42 Å². The van der Waals surface area contributed by atoms with E-state index >= 15 is 0 Å². The van der Waals surface area contributed by atoms with Crippen LogP contribution in [0.15, 0.2) is 6.20 Å². The number of aromatic nitrogens is 3. The van der Waals surface area contributed by atoms with Gasteiger partial charge in [0.15, 0.2) is 0 Å². The molecule has 0 saturated heterocycles. The Kier molecular flexibility index (Phi) is 11.8. The maximum Gasteiger partial charge on any atom is 0.0824 e. The summed E-state index contributed by atoms with van der Waals surface area (Å²) < 4.78 is 12.1. The largest absolute Gasteiger partial charge is 0.394 e. The van der Waals surface area contributed by atoms with Crippen LogP contribution in [-0.2, 0) is 22.4 Å². The van der Waals surface area contributed by atoms with Gasteiger partial charge in [-0.25, -0.2) is 4.68 Å². The number of aliphatic hydroxyl groups excluding tert-OH is 1. The first-order valence-electron chi connectivity index (χ1n) is 6.52. The van der Waals surface area contributed by atoms with Crippen molar-refractivity contribution in [3.8, 4) is 0 Å². The zero-order valence-electron chi connectivity index (χ0n) is 11.6. The molecule has 0 aliphatic heterocycles. The van der Waals surface area contributed by atoms with E-state index in [1.807, 2.05) is 27.0 Å². The van der Waals surface area contributed by atoms with Crippen LogP contribution in [0.4, 0.5) is 0 Å². The molecule has 0 saturated carbocycles. The van der Waals surface area contributed by atoms with E-state index < -0.39 is 0 Å². The van der Waals surface area contributed by atoms with E-state index in [1.54, 1.807) is 4.68 Å². The number of nitrogens with zero attached hydrogens (tertiary/aromatic N) is 3. The van der Waals surface area contributed by atoms with Crippen LogP contribution in [0.25, 0.3) is 0 Å². The maximum atomic E-state index is 8.46.